The highest BCUT2D eigenvalue weighted by molar-refractivity contribution is 5.61. The monoisotopic (exact) mass is 638 g/mol. The van der Waals surface area contributed by atoms with Crippen molar-refractivity contribution in [1.82, 2.24) is 0 Å². The first-order valence-electron chi connectivity index (χ1n) is 16.4. The van der Waals surface area contributed by atoms with Gasteiger partial charge in [-0.15, -0.1) is 0 Å². The van der Waals surface area contributed by atoms with Crippen molar-refractivity contribution < 1.29 is 38.1 Å². The summed E-state index contributed by atoms with van der Waals surface area (Å²) in [5, 5.41) is 22.6. The summed E-state index contributed by atoms with van der Waals surface area (Å²) < 4.78 is 26.2. The van der Waals surface area contributed by atoms with Gasteiger partial charge in [0.25, 0.3) is 0 Å². The summed E-state index contributed by atoms with van der Waals surface area (Å²) in [7, 11) is 12.2. The van der Waals surface area contributed by atoms with Crippen molar-refractivity contribution in [2.24, 2.45) is 0 Å². The second kappa shape index (κ2) is 11.1. The lowest BCUT2D eigenvalue weighted by molar-refractivity contribution is -0.950. The number of hydrogen-bond acceptors (Lipinski definition) is 6. The summed E-state index contributed by atoms with van der Waals surface area (Å²) in [5.74, 6) is 3.15. The zero-order valence-electron chi connectivity index (χ0n) is 28.5. The number of aromatic hydroxyl groups is 2. The van der Waals surface area contributed by atoms with Crippen LogP contribution in [0, 0.1) is 0 Å². The molecule has 0 spiro atoms. The van der Waals surface area contributed by atoms with E-state index in [0.29, 0.717) is 45.4 Å². The van der Waals surface area contributed by atoms with Crippen LogP contribution in [0.3, 0.4) is 0 Å². The van der Waals surface area contributed by atoms with Crippen LogP contribution < -0.4 is 18.9 Å². The molecule has 0 fully saturated rings. The van der Waals surface area contributed by atoms with Crippen molar-refractivity contribution in [3.05, 3.63) is 94.0 Å². The van der Waals surface area contributed by atoms with Crippen LogP contribution in [0.15, 0.2) is 60.7 Å². The molecule has 6 bridgehead atoms. The molecular weight excluding hydrogens is 592 g/mol. The summed E-state index contributed by atoms with van der Waals surface area (Å²) in [5.41, 5.74) is 6.41. The molecule has 0 saturated carbocycles. The molecule has 8 rings (SSSR count). The highest BCUT2D eigenvalue weighted by Crippen LogP contribution is 2.52. The predicted molar refractivity (Wildman–Crippen MR) is 181 cm³/mol. The van der Waals surface area contributed by atoms with E-state index < -0.39 is 0 Å². The zero-order valence-corrected chi connectivity index (χ0v) is 28.5. The van der Waals surface area contributed by atoms with Gasteiger partial charge in [0.2, 0.25) is 5.75 Å². The zero-order chi connectivity index (χ0) is 33.3. The summed E-state index contributed by atoms with van der Waals surface area (Å²) >= 11 is 0. The van der Waals surface area contributed by atoms with E-state index in [0.717, 1.165) is 53.5 Å². The van der Waals surface area contributed by atoms with E-state index in [1.54, 1.807) is 20.3 Å². The Labute approximate surface area is 277 Å². The Bertz CT molecular complexity index is 1860. The van der Waals surface area contributed by atoms with Crippen molar-refractivity contribution in [1.29, 1.82) is 0 Å². The molecule has 4 aliphatic heterocycles. The maximum absolute atomic E-state index is 11.5. The van der Waals surface area contributed by atoms with Gasteiger partial charge in [-0.2, -0.15) is 0 Å². The molecule has 0 amide bonds. The Morgan fingerprint density at radius 1 is 0.766 bits per heavy atom. The highest BCUT2D eigenvalue weighted by atomic mass is 16.5. The SMILES string of the molecule is COc1cc2c3cc1Oc1cc(ccc1O)CC1c4c(cc(OC)c(O)c4Oc4ccc(cc4)CC3(C)[N+](C)(C)CC2)CC[N+]1(C)C. The Kier molecular flexibility index (Phi) is 7.37. The van der Waals surface area contributed by atoms with Gasteiger partial charge in [0.1, 0.15) is 17.3 Å². The van der Waals surface area contributed by atoms with E-state index in [1.807, 2.05) is 30.3 Å². The van der Waals surface area contributed by atoms with Crippen LogP contribution in [0.2, 0.25) is 0 Å². The van der Waals surface area contributed by atoms with Gasteiger partial charge in [0.15, 0.2) is 34.5 Å². The minimum atomic E-state index is -0.281. The Balaban J connectivity index is 1.46. The fourth-order valence-corrected chi connectivity index (χ4v) is 7.92. The third-order valence-corrected chi connectivity index (χ3v) is 11.3. The van der Waals surface area contributed by atoms with Crippen LogP contribution >= 0.6 is 0 Å². The van der Waals surface area contributed by atoms with Gasteiger partial charge in [-0.3, -0.25) is 0 Å². The van der Waals surface area contributed by atoms with Gasteiger partial charge in [-0.05, 0) is 71.6 Å². The minimum absolute atomic E-state index is 0.00163. The fourth-order valence-electron chi connectivity index (χ4n) is 7.92. The van der Waals surface area contributed by atoms with E-state index in [4.69, 9.17) is 18.9 Å². The quantitative estimate of drug-likeness (QED) is 0.230. The second-order valence-electron chi connectivity index (χ2n) is 14.7. The average Bonchev–Trinajstić information content (AvgIpc) is 3.04. The molecule has 4 aromatic carbocycles. The summed E-state index contributed by atoms with van der Waals surface area (Å²) in [6, 6.07) is 20.0. The lowest BCUT2D eigenvalue weighted by Gasteiger charge is -2.51. The molecule has 0 saturated heterocycles. The molecule has 2 unspecified atom stereocenters. The number of hydrogen-bond donors (Lipinski definition) is 2. The van der Waals surface area contributed by atoms with E-state index in [-0.39, 0.29) is 23.1 Å². The molecule has 0 aromatic heterocycles. The number of rotatable bonds is 2. The third-order valence-electron chi connectivity index (χ3n) is 11.3. The number of nitrogens with zero attached hydrogens (tertiary/aromatic N) is 2. The van der Waals surface area contributed by atoms with Crippen LogP contribution in [-0.2, 0) is 31.2 Å². The summed E-state index contributed by atoms with van der Waals surface area (Å²) in [6.45, 7) is 4.21. The van der Waals surface area contributed by atoms with E-state index in [1.165, 1.54) is 16.7 Å². The molecule has 0 radical (unpaired) electrons. The fraction of sp³-hybridized carbons (Fsp3) is 0.385. The van der Waals surface area contributed by atoms with E-state index in [2.05, 4.69) is 59.4 Å². The number of phenols is 2. The number of benzene rings is 4. The average molecular weight is 639 g/mol. The number of phenolic OH excluding ortho intramolecular Hbond substituents is 2. The van der Waals surface area contributed by atoms with Crippen LogP contribution in [0.5, 0.6) is 46.0 Å². The Morgan fingerprint density at radius 2 is 1.45 bits per heavy atom. The van der Waals surface area contributed by atoms with Crippen molar-refractivity contribution >= 4 is 0 Å². The van der Waals surface area contributed by atoms with Crippen LogP contribution in [0.4, 0.5) is 0 Å². The highest BCUT2D eigenvalue weighted by Gasteiger charge is 2.48. The largest absolute Gasteiger partial charge is 0.504 e. The number of fused-ring (bicyclic) bond motifs is 2. The number of likely N-dealkylation sites (N-methyl/N-ethyl adjacent to an activating group) is 2. The first kappa shape index (κ1) is 31.2. The molecule has 246 valence electrons. The summed E-state index contributed by atoms with van der Waals surface area (Å²) in [4.78, 5) is 0. The lowest BCUT2D eigenvalue weighted by Crippen LogP contribution is -2.60. The molecule has 8 nitrogen and oxygen atoms in total. The molecule has 47 heavy (non-hydrogen) atoms. The normalized spacial score (nSPS) is 22.1. The molecule has 4 aromatic rings. The predicted octanol–water partition coefficient (Wildman–Crippen LogP) is 7.02. The minimum Gasteiger partial charge on any atom is -0.504 e. The molecule has 2 N–H and O–H groups in total. The van der Waals surface area contributed by atoms with Crippen molar-refractivity contribution in [3.8, 4) is 46.0 Å². The van der Waals surface area contributed by atoms with Crippen molar-refractivity contribution in [3.63, 3.8) is 0 Å². The van der Waals surface area contributed by atoms with Gasteiger partial charge < -0.3 is 38.1 Å². The Morgan fingerprint density at radius 3 is 2.17 bits per heavy atom. The smallest absolute Gasteiger partial charge is 0.201 e. The van der Waals surface area contributed by atoms with Gasteiger partial charge >= 0.3 is 0 Å². The third kappa shape index (κ3) is 5.15. The number of quaternary nitrogens is 2. The van der Waals surface area contributed by atoms with Gasteiger partial charge in [0.05, 0.1) is 61.1 Å². The van der Waals surface area contributed by atoms with Crippen LogP contribution in [-0.4, -0.2) is 74.7 Å². The molecule has 8 heteroatoms. The van der Waals surface area contributed by atoms with Crippen LogP contribution in [0.1, 0.15) is 46.3 Å². The standard InChI is InChI=1S/C39H44N2O6/c1-39-23-24-8-11-28(12-9-24)46-38-36-27(21-35(45-7)37(38)43)14-16-40(2,3)30(36)18-25-10-13-31(42)32(19-25)47-34-22-29(39)26(20-33(34)44-6)15-17-41(39,4)5/h8-13,19-22,30H,14-18,23H2,1-7H3/p+2. The van der Waals surface area contributed by atoms with E-state index in [9.17, 15) is 10.2 Å². The maximum Gasteiger partial charge on any atom is 0.201 e. The molecule has 4 aliphatic rings. The first-order chi connectivity index (χ1) is 22.3. The number of ether oxygens (including phenoxy) is 4. The molecule has 4 heterocycles. The van der Waals surface area contributed by atoms with Crippen LogP contribution in [0.25, 0.3) is 0 Å². The van der Waals surface area contributed by atoms with Crippen molar-refractivity contribution in [2.75, 3.05) is 55.5 Å². The molecule has 2 atom stereocenters. The van der Waals surface area contributed by atoms with Gasteiger partial charge in [-0.1, -0.05) is 18.2 Å². The maximum atomic E-state index is 11.5. The second-order valence-corrected chi connectivity index (χ2v) is 14.7. The van der Waals surface area contributed by atoms with Crippen molar-refractivity contribution in [2.45, 2.75) is 44.2 Å². The first-order valence-corrected chi connectivity index (χ1v) is 16.4. The van der Waals surface area contributed by atoms with Gasteiger partial charge in [-0.25, -0.2) is 0 Å². The lowest BCUT2D eigenvalue weighted by atomic mass is 9.76. The Hall–Kier alpha value is -4.40. The van der Waals surface area contributed by atoms with Gasteiger partial charge in [0, 0.05) is 31.2 Å². The number of methoxy groups -OCH3 is 2. The summed E-state index contributed by atoms with van der Waals surface area (Å²) in [6.07, 6.45) is 3.15. The topological polar surface area (TPSA) is 77.4 Å². The molecule has 0 aliphatic carbocycles. The van der Waals surface area contributed by atoms with E-state index >= 15 is 0 Å². The molecular formula is C39H46N2O6+2.